The summed E-state index contributed by atoms with van der Waals surface area (Å²) in [6.45, 7) is 1.78. The van der Waals surface area contributed by atoms with Gasteiger partial charge in [-0.05, 0) is 0 Å². The van der Waals surface area contributed by atoms with Gasteiger partial charge in [0.2, 0.25) is 0 Å². The average molecular weight is 173 g/mol. The minimum Gasteiger partial charge on any atom is -0.372 e. The number of nitrogens with zero attached hydrogens (tertiary/aromatic N) is 1. The molecule has 1 unspecified atom stereocenters. The fraction of sp³-hybridized carbons (Fsp3) is 0.300. The molecule has 0 saturated heterocycles. The van der Waals surface area contributed by atoms with E-state index in [-0.39, 0.29) is 6.04 Å². The quantitative estimate of drug-likeness (QED) is 0.554. The third-order valence-electron chi connectivity index (χ3n) is 2.59. The van der Waals surface area contributed by atoms with E-state index in [1.54, 1.807) is 0 Å². The van der Waals surface area contributed by atoms with Gasteiger partial charge in [-0.3, -0.25) is 10.3 Å². The van der Waals surface area contributed by atoms with Crippen molar-refractivity contribution in [1.82, 2.24) is 10.6 Å². The van der Waals surface area contributed by atoms with E-state index >= 15 is 0 Å². The molecule has 0 aromatic carbocycles. The summed E-state index contributed by atoms with van der Waals surface area (Å²) in [5.41, 5.74) is 3.88. The van der Waals surface area contributed by atoms with E-state index in [1.165, 1.54) is 16.8 Å². The number of dihydropyridines is 1. The summed E-state index contributed by atoms with van der Waals surface area (Å²) >= 11 is 0. The number of rotatable bonds is 0. The number of hydrogen-bond donors (Lipinski definition) is 2. The van der Waals surface area contributed by atoms with Crippen molar-refractivity contribution < 1.29 is 0 Å². The lowest BCUT2D eigenvalue weighted by molar-refractivity contribution is 0.624. The third-order valence-corrected chi connectivity index (χ3v) is 2.59. The molecule has 3 heteroatoms. The first kappa shape index (κ1) is 7.09. The minimum atomic E-state index is 0.268. The van der Waals surface area contributed by atoms with Crippen LogP contribution in [0.5, 0.6) is 0 Å². The van der Waals surface area contributed by atoms with Crippen LogP contribution >= 0.6 is 0 Å². The van der Waals surface area contributed by atoms with Crippen molar-refractivity contribution in [3.8, 4) is 0 Å². The second-order valence-electron chi connectivity index (χ2n) is 3.41. The Morgan fingerprint density at radius 1 is 1.46 bits per heavy atom. The predicted molar refractivity (Wildman–Crippen MR) is 52.5 cm³/mol. The van der Waals surface area contributed by atoms with E-state index in [1.807, 2.05) is 6.21 Å². The molecule has 13 heavy (non-hydrogen) atoms. The first-order chi connectivity index (χ1) is 6.45. The van der Waals surface area contributed by atoms with Crippen LogP contribution in [0.3, 0.4) is 0 Å². The summed E-state index contributed by atoms with van der Waals surface area (Å²) in [5, 5.41) is 6.62. The molecule has 0 radical (unpaired) electrons. The number of allylic oxidation sites excluding steroid dienone is 2. The Labute approximate surface area is 76.9 Å². The lowest BCUT2D eigenvalue weighted by Gasteiger charge is -2.27. The van der Waals surface area contributed by atoms with Gasteiger partial charge >= 0.3 is 0 Å². The summed E-state index contributed by atoms with van der Waals surface area (Å²) in [4.78, 5) is 4.46. The molecule has 66 valence electrons. The van der Waals surface area contributed by atoms with E-state index in [2.05, 4.69) is 33.9 Å². The lowest BCUT2D eigenvalue weighted by Crippen LogP contribution is -2.40. The van der Waals surface area contributed by atoms with Crippen LogP contribution in [-0.2, 0) is 0 Å². The van der Waals surface area contributed by atoms with Crippen molar-refractivity contribution in [2.24, 2.45) is 4.99 Å². The van der Waals surface area contributed by atoms with Crippen molar-refractivity contribution in [3.63, 3.8) is 0 Å². The van der Waals surface area contributed by atoms with Gasteiger partial charge in [-0.1, -0.05) is 18.2 Å². The first-order valence-corrected chi connectivity index (χ1v) is 4.55. The Kier molecular flexibility index (Phi) is 1.40. The first-order valence-electron chi connectivity index (χ1n) is 4.55. The van der Waals surface area contributed by atoms with Crippen molar-refractivity contribution in [2.75, 3.05) is 13.2 Å². The maximum Gasteiger partial charge on any atom is 0.0953 e. The maximum absolute atomic E-state index is 4.46. The molecule has 3 nitrogen and oxygen atoms in total. The van der Waals surface area contributed by atoms with E-state index in [4.69, 9.17) is 0 Å². The largest absolute Gasteiger partial charge is 0.372 e. The molecule has 3 rings (SSSR count). The second-order valence-corrected chi connectivity index (χ2v) is 3.41. The Morgan fingerprint density at radius 3 is 3.46 bits per heavy atom. The highest BCUT2D eigenvalue weighted by molar-refractivity contribution is 5.85. The van der Waals surface area contributed by atoms with Crippen LogP contribution in [0.4, 0.5) is 0 Å². The molecule has 0 saturated carbocycles. The van der Waals surface area contributed by atoms with Crippen molar-refractivity contribution in [2.45, 2.75) is 6.04 Å². The van der Waals surface area contributed by atoms with Crippen LogP contribution in [0.25, 0.3) is 0 Å². The molecule has 2 aliphatic heterocycles. The van der Waals surface area contributed by atoms with Gasteiger partial charge < -0.3 is 5.32 Å². The van der Waals surface area contributed by atoms with Gasteiger partial charge in [-0.2, -0.15) is 0 Å². The van der Waals surface area contributed by atoms with E-state index in [0.29, 0.717) is 0 Å². The summed E-state index contributed by atoms with van der Waals surface area (Å²) in [6.07, 6.45) is 8.33. The number of fused-ring (bicyclic) bond motifs is 2. The summed E-state index contributed by atoms with van der Waals surface area (Å²) in [6, 6.07) is 0.268. The predicted octanol–water partition coefficient (Wildman–Crippen LogP) is 0.340. The van der Waals surface area contributed by atoms with Crippen LogP contribution in [-0.4, -0.2) is 25.5 Å². The van der Waals surface area contributed by atoms with Gasteiger partial charge in [0, 0.05) is 29.6 Å². The minimum absolute atomic E-state index is 0.268. The normalized spacial score (nSPS) is 29.5. The van der Waals surface area contributed by atoms with Crippen LogP contribution in [0.1, 0.15) is 0 Å². The molecule has 3 aliphatic rings. The Morgan fingerprint density at radius 2 is 2.46 bits per heavy atom. The van der Waals surface area contributed by atoms with Gasteiger partial charge in [0.05, 0.1) is 12.7 Å². The molecular weight excluding hydrogens is 162 g/mol. The second kappa shape index (κ2) is 2.57. The monoisotopic (exact) mass is 173 g/mol. The maximum atomic E-state index is 4.46. The fourth-order valence-corrected chi connectivity index (χ4v) is 1.95. The summed E-state index contributed by atoms with van der Waals surface area (Å²) in [5.74, 6) is 0. The fourth-order valence-electron chi connectivity index (χ4n) is 1.95. The Bertz CT molecular complexity index is 360. The molecular formula is C10H11N3. The van der Waals surface area contributed by atoms with E-state index in [0.717, 1.165) is 13.2 Å². The summed E-state index contributed by atoms with van der Waals surface area (Å²) < 4.78 is 0. The van der Waals surface area contributed by atoms with Gasteiger partial charge in [0.15, 0.2) is 0 Å². The van der Waals surface area contributed by atoms with Crippen molar-refractivity contribution >= 4 is 6.21 Å². The molecule has 2 heterocycles. The summed E-state index contributed by atoms with van der Waals surface area (Å²) in [7, 11) is 0. The van der Waals surface area contributed by atoms with E-state index in [9.17, 15) is 0 Å². The zero-order chi connectivity index (χ0) is 8.67. The average Bonchev–Trinajstić information content (AvgIpc) is 2.65. The van der Waals surface area contributed by atoms with Crippen LogP contribution in [0, 0.1) is 0 Å². The Balaban J connectivity index is 2.07. The third kappa shape index (κ3) is 0.971. The smallest absolute Gasteiger partial charge is 0.0953 e. The molecule has 0 spiro atoms. The lowest BCUT2D eigenvalue weighted by atomic mass is 9.99. The standard InChI is InChI=1S/C10H11N3/c1-2-8-9(3-1)12-5-7-4-11-6-13-10(7)8/h1-3,5,9,11,13H,4,6H2. The van der Waals surface area contributed by atoms with Crippen molar-refractivity contribution in [3.05, 3.63) is 35.1 Å². The highest BCUT2D eigenvalue weighted by atomic mass is 15.1. The van der Waals surface area contributed by atoms with Gasteiger partial charge in [-0.25, -0.2) is 0 Å². The number of aliphatic imine (C=N–C) groups is 1. The number of nitrogens with one attached hydrogen (secondary N) is 2. The SMILES string of the molecule is C1=CC2N=CC3=C(NCNC3)C2=C1. The molecule has 0 bridgehead atoms. The van der Waals surface area contributed by atoms with Crippen LogP contribution in [0.2, 0.25) is 0 Å². The topological polar surface area (TPSA) is 36.4 Å². The van der Waals surface area contributed by atoms with Crippen LogP contribution < -0.4 is 10.6 Å². The molecule has 0 aromatic heterocycles. The van der Waals surface area contributed by atoms with Crippen molar-refractivity contribution in [1.29, 1.82) is 0 Å². The van der Waals surface area contributed by atoms with Gasteiger partial charge in [0.25, 0.3) is 0 Å². The Hall–Kier alpha value is -1.35. The van der Waals surface area contributed by atoms with Gasteiger partial charge in [-0.15, -0.1) is 0 Å². The molecule has 0 fully saturated rings. The molecule has 1 atom stereocenters. The zero-order valence-electron chi connectivity index (χ0n) is 7.25. The molecule has 1 aliphatic carbocycles. The van der Waals surface area contributed by atoms with Crippen LogP contribution in [0.15, 0.2) is 40.1 Å². The van der Waals surface area contributed by atoms with E-state index < -0.39 is 0 Å². The zero-order valence-corrected chi connectivity index (χ0v) is 7.25. The molecule has 0 amide bonds. The van der Waals surface area contributed by atoms with Gasteiger partial charge in [0.1, 0.15) is 0 Å². The number of hydrogen-bond acceptors (Lipinski definition) is 3. The highest BCUT2D eigenvalue weighted by Gasteiger charge is 2.24. The molecule has 2 N–H and O–H groups in total. The molecule has 0 aromatic rings. The highest BCUT2D eigenvalue weighted by Crippen LogP contribution is 2.27.